The summed E-state index contributed by atoms with van der Waals surface area (Å²) in [4.78, 5) is 52.0. The minimum absolute atomic E-state index is 0.347. The van der Waals surface area contributed by atoms with Crippen LogP contribution in [-0.2, 0) is 32.0 Å². The van der Waals surface area contributed by atoms with E-state index in [1.54, 1.807) is 38.4 Å². The molecule has 2 aromatic rings. The number of ketones is 2. The molecule has 3 atom stereocenters. The number of nitrogens with zero attached hydrogens (tertiary/aromatic N) is 2. The van der Waals surface area contributed by atoms with Crippen LogP contribution in [0, 0.1) is 5.92 Å². The van der Waals surface area contributed by atoms with Gasteiger partial charge in [0.1, 0.15) is 11.8 Å². The summed E-state index contributed by atoms with van der Waals surface area (Å²) in [5.74, 6) is -1.11. The molecule has 198 valence electrons. The molecule has 1 N–H and O–H groups in total. The van der Waals surface area contributed by atoms with Crippen molar-refractivity contribution in [3.05, 3.63) is 65.7 Å². The van der Waals surface area contributed by atoms with Crippen molar-refractivity contribution in [2.45, 2.75) is 31.3 Å². The first-order valence-corrected chi connectivity index (χ1v) is 12.3. The van der Waals surface area contributed by atoms with E-state index in [2.05, 4.69) is 5.32 Å². The van der Waals surface area contributed by atoms with Gasteiger partial charge in [0, 0.05) is 26.6 Å². The number of esters is 1. The van der Waals surface area contributed by atoms with Gasteiger partial charge in [-0.1, -0.05) is 42.5 Å². The highest BCUT2D eigenvalue weighted by atomic mass is 16.6. The van der Waals surface area contributed by atoms with E-state index >= 15 is 0 Å². The highest BCUT2D eigenvalue weighted by Gasteiger charge is 2.50. The largest absolute Gasteiger partial charge is 0.468 e. The van der Waals surface area contributed by atoms with Gasteiger partial charge in [0.15, 0.2) is 0 Å². The molecule has 1 aliphatic carbocycles. The molecular formula is C28H35N3O6. The standard InChI is InChI=1S/C28H35N3O6/c1-30(2)28(35)37-21-12-10-20(11-13-21)18-23(27(34)36-4)29-16-14-22-24(26(33)25(22)32)31(3)17-15-19-8-6-5-7-9-19/h5-13,22-24,29H,14-18H2,1-4H3/t22?,23-,24?/m0/s1. The van der Waals surface area contributed by atoms with E-state index in [0.29, 0.717) is 31.7 Å². The molecule has 0 heterocycles. The maximum atomic E-state index is 12.4. The Balaban J connectivity index is 1.53. The van der Waals surface area contributed by atoms with Crippen molar-refractivity contribution in [1.29, 1.82) is 0 Å². The lowest BCUT2D eigenvalue weighted by atomic mass is 9.73. The molecule has 0 radical (unpaired) electrons. The van der Waals surface area contributed by atoms with Gasteiger partial charge >= 0.3 is 12.1 Å². The molecule has 9 heteroatoms. The molecule has 0 aliphatic heterocycles. The zero-order chi connectivity index (χ0) is 26.9. The lowest BCUT2D eigenvalue weighted by Gasteiger charge is -2.39. The number of likely N-dealkylation sites (N-methyl/N-ethyl adjacent to an activating group) is 1. The van der Waals surface area contributed by atoms with Gasteiger partial charge in [-0.25, -0.2) is 4.79 Å². The Morgan fingerprint density at radius 1 is 0.946 bits per heavy atom. The molecule has 1 saturated carbocycles. The van der Waals surface area contributed by atoms with E-state index < -0.39 is 30.1 Å². The molecule has 37 heavy (non-hydrogen) atoms. The Morgan fingerprint density at radius 2 is 1.62 bits per heavy atom. The average molecular weight is 510 g/mol. The quantitative estimate of drug-likeness (QED) is 0.343. The zero-order valence-electron chi connectivity index (χ0n) is 21.8. The first-order chi connectivity index (χ1) is 17.7. The molecule has 1 aliphatic rings. The van der Waals surface area contributed by atoms with E-state index in [9.17, 15) is 19.2 Å². The normalized spacial score (nSPS) is 17.8. The minimum atomic E-state index is -0.625. The molecule has 2 aromatic carbocycles. The average Bonchev–Trinajstić information content (AvgIpc) is 2.91. The topological polar surface area (TPSA) is 105 Å². The van der Waals surface area contributed by atoms with E-state index in [1.807, 2.05) is 42.3 Å². The third-order valence-corrected chi connectivity index (χ3v) is 6.57. The number of hydrogen-bond acceptors (Lipinski definition) is 8. The van der Waals surface area contributed by atoms with Gasteiger partial charge in [-0.2, -0.15) is 0 Å². The molecule has 3 rings (SSSR count). The van der Waals surface area contributed by atoms with Gasteiger partial charge in [0.2, 0.25) is 11.6 Å². The minimum Gasteiger partial charge on any atom is -0.468 e. The second-order valence-corrected chi connectivity index (χ2v) is 9.43. The number of nitrogens with one attached hydrogen (secondary N) is 1. The highest BCUT2D eigenvalue weighted by molar-refractivity contribution is 6.47. The van der Waals surface area contributed by atoms with Crippen molar-refractivity contribution in [2.24, 2.45) is 5.92 Å². The third kappa shape index (κ3) is 7.47. The van der Waals surface area contributed by atoms with Gasteiger partial charge in [-0.05, 0) is 56.1 Å². The van der Waals surface area contributed by atoms with Gasteiger partial charge in [0.25, 0.3) is 0 Å². The van der Waals surface area contributed by atoms with Crippen molar-refractivity contribution in [3.63, 3.8) is 0 Å². The van der Waals surface area contributed by atoms with Crippen molar-refractivity contribution in [2.75, 3.05) is 41.3 Å². The number of carbonyl (C=O) groups is 4. The SMILES string of the molecule is COC(=O)[C@H](Cc1ccc(OC(=O)N(C)C)cc1)NCCC1C(=O)C(=O)C1N(C)CCc1ccccc1. The number of ether oxygens (including phenoxy) is 2. The fourth-order valence-electron chi connectivity index (χ4n) is 4.36. The van der Waals surface area contributed by atoms with Crippen molar-refractivity contribution >= 4 is 23.6 Å². The van der Waals surface area contributed by atoms with Crippen LogP contribution in [0.25, 0.3) is 0 Å². The summed E-state index contributed by atoms with van der Waals surface area (Å²) < 4.78 is 10.2. The molecular weight excluding hydrogens is 474 g/mol. The van der Waals surface area contributed by atoms with Crippen molar-refractivity contribution in [3.8, 4) is 5.75 Å². The van der Waals surface area contributed by atoms with E-state index in [0.717, 1.165) is 12.0 Å². The molecule has 0 bridgehead atoms. The third-order valence-electron chi connectivity index (χ3n) is 6.57. The Hall–Kier alpha value is -3.56. The maximum absolute atomic E-state index is 12.4. The van der Waals surface area contributed by atoms with E-state index in [4.69, 9.17) is 9.47 Å². The lowest BCUT2D eigenvalue weighted by molar-refractivity contribution is -0.154. The second kappa shape index (κ2) is 13.1. The number of methoxy groups -OCH3 is 1. The van der Waals surface area contributed by atoms with Crippen LogP contribution in [-0.4, -0.2) is 86.9 Å². The summed E-state index contributed by atoms with van der Waals surface area (Å²) >= 11 is 0. The van der Waals surface area contributed by atoms with Crippen molar-refractivity contribution < 1.29 is 28.7 Å². The predicted molar refractivity (Wildman–Crippen MR) is 138 cm³/mol. The van der Waals surface area contributed by atoms with Gasteiger partial charge in [-0.3, -0.25) is 19.3 Å². The van der Waals surface area contributed by atoms with Gasteiger partial charge in [0.05, 0.1) is 13.2 Å². The molecule has 0 aromatic heterocycles. The molecule has 0 saturated heterocycles. The van der Waals surface area contributed by atoms with Gasteiger partial charge < -0.3 is 19.7 Å². The van der Waals surface area contributed by atoms with Crippen LogP contribution in [0.3, 0.4) is 0 Å². The number of Topliss-reactive ketones (excluding diaryl/α,β-unsaturated/α-hetero) is 2. The van der Waals surface area contributed by atoms with Crippen LogP contribution in [0.4, 0.5) is 4.79 Å². The Kier molecular flexibility index (Phi) is 9.93. The molecule has 0 spiro atoms. The Morgan fingerprint density at radius 3 is 2.24 bits per heavy atom. The van der Waals surface area contributed by atoms with E-state index in [-0.39, 0.29) is 11.6 Å². The summed E-state index contributed by atoms with van der Waals surface area (Å²) in [6.07, 6.45) is 1.11. The van der Waals surface area contributed by atoms with E-state index in [1.165, 1.54) is 17.6 Å². The summed E-state index contributed by atoms with van der Waals surface area (Å²) in [6, 6.07) is 15.8. The first kappa shape index (κ1) is 28.0. The summed E-state index contributed by atoms with van der Waals surface area (Å²) in [5, 5.41) is 3.18. The van der Waals surface area contributed by atoms with Crippen molar-refractivity contribution in [1.82, 2.24) is 15.1 Å². The van der Waals surface area contributed by atoms with Gasteiger partial charge in [-0.15, -0.1) is 0 Å². The van der Waals surface area contributed by atoms with Crippen LogP contribution in [0.15, 0.2) is 54.6 Å². The number of rotatable bonds is 12. The van der Waals surface area contributed by atoms with Crippen LogP contribution < -0.4 is 10.1 Å². The number of amides is 1. The number of benzene rings is 2. The molecule has 9 nitrogen and oxygen atoms in total. The Labute approximate surface area is 217 Å². The summed E-state index contributed by atoms with van der Waals surface area (Å²) in [5.41, 5.74) is 2.02. The molecule has 1 amide bonds. The Bertz CT molecular complexity index is 1090. The van der Waals surface area contributed by atoms with Crippen LogP contribution >= 0.6 is 0 Å². The number of carbonyl (C=O) groups excluding carboxylic acids is 4. The number of hydrogen-bond donors (Lipinski definition) is 1. The van der Waals surface area contributed by atoms with Crippen LogP contribution in [0.5, 0.6) is 5.75 Å². The van der Waals surface area contributed by atoms with Crippen LogP contribution in [0.2, 0.25) is 0 Å². The monoisotopic (exact) mass is 509 g/mol. The summed E-state index contributed by atoms with van der Waals surface area (Å²) in [7, 11) is 6.39. The molecule has 2 unspecified atom stereocenters. The fraction of sp³-hybridized carbons (Fsp3) is 0.429. The lowest BCUT2D eigenvalue weighted by Crippen LogP contribution is -2.61. The first-order valence-electron chi connectivity index (χ1n) is 12.3. The molecule has 1 fully saturated rings. The zero-order valence-corrected chi connectivity index (χ0v) is 21.8. The highest BCUT2D eigenvalue weighted by Crippen LogP contribution is 2.28. The van der Waals surface area contributed by atoms with Crippen LogP contribution in [0.1, 0.15) is 17.5 Å². The fourth-order valence-corrected chi connectivity index (χ4v) is 4.36. The smallest absolute Gasteiger partial charge is 0.414 e. The maximum Gasteiger partial charge on any atom is 0.414 e. The predicted octanol–water partition coefficient (Wildman–Crippen LogP) is 2.12. The summed E-state index contributed by atoms with van der Waals surface area (Å²) in [6.45, 7) is 1.05. The second-order valence-electron chi connectivity index (χ2n) is 9.43.